The number of alkyl halides is 3. The van der Waals surface area contributed by atoms with E-state index >= 15 is 0 Å². The normalized spacial score (nSPS) is 13.2. The summed E-state index contributed by atoms with van der Waals surface area (Å²) in [5.74, 6) is -5.22. The van der Waals surface area contributed by atoms with Crippen LogP contribution in [-0.4, -0.2) is 70.0 Å². The second-order valence-corrected chi connectivity index (χ2v) is 14.5. The number of hydrogen-bond donors (Lipinski definition) is 6. The molecule has 5 rings (SSSR count). The van der Waals surface area contributed by atoms with Gasteiger partial charge < -0.3 is 20.8 Å². The Bertz CT molecular complexity index is 2200. The Labute approximate surface area is 315 Å². The van der Waals surface area contributed by atoms with Crippen LogP contribution in [0, 0.1) is 26.7 Å². The zero-order chi connectivity index (χ0) is 40.4. The Morgan fingerprint density at radius 3 is 2.13 bits per heavy atom. The number of hydrogen-bond acceptors (Lipinski definition) is 8. The second kappa shape index (κ2) is 18.0. The smallest absolute Gasteiger partial charge is 0.478 e. The SMILES string of the molecule is Cc1cc(C)c(S(=O)(=O)N[C@](NC(=O)c2ccc3[nH]ncc3c2)(C(=O)O)C(CCCNc2ccccn2)CCc2ccccc2)c(C)c1.O=C(O)C(F)(F)F. The molecule has 3 aromatic carbocycles. The minimum Gasteiger partial charge on any atom is -0.478 e. The van der Waals surface area contributed by atoms with Gasteiger partial charge in [-0.25, -0.2) is 23.0 Å². The van der Waals surface area contributed by atoms with E-state index in [2.05, 4.69) is 30.5 Å². The van der Waals surface area contributed by atoms with Crippen LogP contribution in [0.3, 0.4) is 0 Å². The number of aryl methyl sites for hydroxylation is 4. The first kappa shape index (κ1) is 41.9. The molecule has 0 aliphatic heterocycles. The fraction of sp³-hybridized carbons (Fsp3) is 0.289. The number of carboxylic acids is 2. The number of rotatable bonds is 15. The van der Waals surface area contributed by atoms with Gasteiger partial charge in [0.25, 0.3) is 5.91 Å². The Morgan fingerprint density at radius 1 is 0.873 bits per heavy atom. The van der Waals surface area contributed by atoms with E-state index < -0.39 is 45.6 Å². The van der Waals surface area contributed by atoms with Gasteiger partial charge in [0.05, 0.1) is 16.6 Å². The monoisotopic (exact) mass is 782 g/mol. The molecule has 6 N–H and O–H groups in total. The molecule has 2 heterocycles. The van der Waals surface area contributed by atoms with Gasteiger partial charge in [0.1, 0.15) is 5.82 Å². The molecule has 292 valence electrons. The van der Waals surface area contributed by atoms with Crippen LogP contribution in [0.15, 0.2) is 96.2 Å². The van der Waals surface area contributed by atoms with E-state index in [-0.39, 0.29) is 23.3 Å². The number of amides is 1. The molecule has 0 bridgehead atoms. The van der Waals surface area contributed by atoms with Crippen LogP contribution >= 0.6 is 0 Å². The molecule has 5 aromatic rings. The Hall–Kier alpha value is -5.81. The van der Waals surface area contributed by atoms with E-state index in [1.807, 2.05) is 55.5 Å². The van der Waals surface area contributed by atoms with E-state index in [0.29, 0.717) is 47.2 Å². The molecule has 0 saturated carbocycles. The number of halogens is 3. The average molecular weight is 783 g/mol. The molecule has 0 radical (unpaired) electrons. The van der Waals surface area contributed by atoms with Crippen LogP contribution in [0.1, 0.15) is 51.9 Å². The second-order valence-electron chi connectivity index (χ2n) is 12.9. The summed E-state index contributed by atoms with van der Waals surface area (Å²) in [5, 5.41) is 31.6. The molecule has 2 atom stereocenters. The minimum atomic E-state index is -5.08. The number of fused-ring (bicyclic) bond motifs is 1. The van der Waals surface area contributed by atoms with Crippen LogP contribution < -0.4 is 15.4 Å². The molecule has 0 aliphatic carbocycles. The number of aromatic amines is 1. The highest BCUT2D eigenvalue weighted by atomic mass is 32.2. The van der Waals surface area contributed by atoms with Crippen LogP contribution in [0.5, 0.6) is 0 Å². The molecule has 0 saturated heterocycles. The molecule has 13 nitrogen and oxygen atoms in total. The first-order valence-electron chi connectivity index (χ1n) is 17.0. The fourth-order valence-electron chi connectivity index (χ4n) is 6.27. The number of anilines is 1. The van der Waals surface area contributed by atoms with Crippen molar-refractivity contribution in [2.45, 2.75) is 63.2 Å². The quantitative estimate of drug-likeness (QED) is 0.0528. The molecular formula is C38H41F3N6O7S. The van der Waals surface area contributed by atoms with Crippen molar-refractivity contribution in [2.24, 2.45) is 5.92 Å². The van der Waals surface area contributed by atoms with Gasteiger partial charge in [-0.3, -0.25) is 9.89 Å². The molecule has 1 unspecified atom stereocenters. The van der Waals surface area contributed by atoms with Gasteiger partial charge in [-0.1, -0.05) is 54.1 Å². The summed E-state index contributed by atoms with van der Waals surface area (Å²) in [5.41, 5.74) is 1.21. The lowest BCUT2D eigenvalue weighted by atomic mass is 9.83. The van der Waals surface area contributed by atoms with Crippen molar-refractivity contribution in [3.63, 3.8) is 0 Å². The third-order valence-corrected chi connectivity index (χ3v) is 10.5. The Balaban J connectivity index is 0.000000876. The zero-order valence-electron chi connectivity index (χ0n) is 30.1. The van der Waals surface area contributed by atoms with Crippen molar-refractivity contribution in [1.82, 2.24) is 25.2 Å². The predicted molar refractivity (Wildman–Crippen MR) is 199 cm³/mol. The van der Waals surface area contributed by atoms with Crippen molar-refractivity contribution in [3.05, 3.63) is 119 Å². The lowest BCUT2D eigenvalue weighted by Gasteiger charge is -2.39. The summed E-state index contributed by atoms with van der Waals surface area (Å²) >= 11 is 0. The molecule has 17 heteroatoms. The van der Waals surface area contributed by atoms with E-state index in [9.17, 15) is 36.3 Å². The van der Waals surface area contributed by atoms with Crippen molar-refractivity contribution >= 4 is 44.6 Å². The summed E-state index contributed by atoms with van der Waals surface area (Å²) in [4.78, 5) is 40.7. The fourth-order valence-corrected chi connectivity index (χ4v) is 8.06. The Kier molecular flexibility index (Phi) is 13.7. The minimum absolute atomic E-state index is 0.0218. The molecule has 0 spiro atoms. The van der Waals surface area contributed by atoms with Gasteiger partial charge in [0.2, 0.25) is 15.7 Å². The van der Waals surface area contributed by atoms with E-state index in [1.54, 1.807) is 56.6 Å². The number of carbonyl (C=O) groups excluding carboxylic acids is 1. The highest BCUT2D eigenvalue weighted by molar-refractivity contribution is 7.89. The number of H-pyrrole nitrogens is 1. The first-order valence-corrected chi connectivity index (χ1v) is 18.5. The van der Waals surface area contributed by atoms with E-state index in [0.717, 1.165) is 11.1 Å². The van der Waals surface area contributed by atoms with Gasteiger partial charge in [-0.2, -0.15) is 23.0 Å². The zero-order valence-corrected chi connectivity index (χ0v) is 31.0. The summed E-state index contributed by atoms with van der Waals surface area (Å²) < 4.78 is 62.9. The van der Waals surface area contributed by atoms with Crippen LogP contribution in [0.25, 0.3) is 10.9 Å². The number of carbonyl (C=O) groups is 3. The summed E-state index contributed by atoms with van der Waals surface area (Å²) in [6, 6.07) is 23.3. The number of sulfonamides is 1. The maximum absolute atomic E-state index is 14.3. The van der Waals surface area contributed by atoms with Crippen LogP contribution in [0.2, 0.25) is 0 Å². The molecule has 0 aliphatic rings. The number of nitrogens with zero attached hydrogens (tertiary/aromatic N) is 2. The number of nitrogens with one attached hydrogen (secondary N) is 4. The third-order valence-electron chi connectivity index (χ3n) is 8.70. The molecule has 2 aromatic heterocycles. The molecule has 55 heavy (non-hydrogen) atoms. The highest BCUT2D eigenvalue weighted by Crippen LogP contribution is 2.31. The van der Waals surface area contributed by atoms with Gasteiger partial charge in [0, 0.05) is 29.6 Å². The summed E-state index contributed by atoms with van der Waals surface area (Å²) in [7, 11) is -4.48. The van der Waals surface area contributed by atoms with Gasteiger partial charge in [-0.05, 0) is 93.5 Å². The van der Waals surface area contributed by atoms with Gasteiger partial charge in [0.15, 0.2) is 0 Å². The summed E-state index contributed by atoms with van der Waals surface area (Å²) in [6.45, 7) is 5.65. The van der Waals surface area contributed by atoms with Crippen molar-refractivity contribution < 1.29 is 46.2 Å². The van der Waals surface area contributed by atoms with Gasteiger partial charge in [-0.15, -0.1) is 0 Å². The third kappa shape index (κ3) is 11.1. The number of benzene rings is 3. The van der Waals surface area contributed by atoms with Crippen LogP contribution in [0.4, 0.5) is 19.0 Å². The lowest BCUT2D eigenvalue weighted by Crippen LogP contribution is -2.69. The predicted octanol–water partition coefficient (Wildman–Crippen LogP) is 6.15. The molecule has 1 amide bonds. The first-order chi connectivity index (χ1) is 25.9. The van der Waals surface area contributed by atoms with Crippen LogP contribution in [-0.2, 0) is 26.0 Å². The molecule has 0 fully saturated rings. The summed E-state index contributed by atoms with van der Waals surface area (Å²) in [6.07, 6.45) is -0.425. The maximum atomic E-state index is 14.3. The van der Waals surface area contributed by atoms with Crippen molar-refractivity contribution in [3.8, 4) is 0 Å². The molecular weight excluding hydrogens is 742 g/mol. The Morgan fingerprint density at radius 2 is 1.53 bits per heavy atom. The van der Waals surface area contributed by atoms with Crippen molar-refractivity contribution in [1.29, 1.82) is 0 Å². The maximum Gasteiger partial charge on any atom is 0.490 e. The lowest BCUT2D eigenvalue weighted by molar-refractivity contribution is -0.192. The number of carboxylic acid groups (broad SMARTS) is 2. The van der Waals surface area contributed by atoms with E-state index in [4.69, 9.17) is 9.90 Å². The number of pyridine rings is 1. The van der Waals surface area contributed by atoms with E-state index in [1.165, 1.54) is 0 Å². The average Bonchev–Trinajstić information content (AvgIpc) is 3.59. The topological polar surface area (TPSA) is 203 Å². The van der Waals surface area contributed by atoms with Crippen molar-refractivity contribution in [2.75, 3.05) is 11.9 Å². The number of aromatic nitrogens is 3. The highest BCUT2D eigenvalue weighted by Gasteiger charge is 2.50. The van der Waals surface area contributed by atoms with Gasteiger partial charge >= 0.3 is 18.1 Å². The standard InChI is InChI=1S/C36H40N6O5S.C2HF3O2/c1-24-20-25(2)33(26(3)21-24)48(46,47)42-36(35(44)45,40-34(43)28-15-17-31-29(22-28)23-39-41-31)30(16-14-27-10-5-4-6-11-27)12-9-19-38-32-13-7-8-18-37-32;3-2(4,5)1(6)7/h4-8,10-11,13,15,17-18,20-23,30,42H,9,12,14,16,19H2,1-3H3,(H,37,38)(H,39,41)(H,40,43)(H,44,45);(H,6,7)/t30?,36-;/m0./s1. The number of aliphatic carboxylic acids is 2. The largest absolute Gasteiger partial charge is 0.490 e.